The second-order valence-electron chi connectivity index (χ2n) is 16.8. The number of hydrogen-bond donors (Lipinski definition) is 1. The molecule has 0 aliphatic carbocycles. The molecule has 3 aromatic rings. The summed E-state index contributed by atoms with van der Waals surface area (Å²) in [4.78, 5) is 9.43. The van der Waals surface area contributed by atoms with Gasteiger partial charge in [-0.2, -0.15) is 0 Å². The van der Waals surface area contributed by atoms with Gasteiger partial charge in [-0.25, -0.2) is 8.78 Å². The third-order valence-corrected chi connectivity index (χ3v) is 16.7. The lowest BCUT2D eigenvalue weighted by Gasteiger charge is -2.50. The van der Waals surface area contributed by atoms with Crippen molar-refractivity contribution < 1.29 is 27.1 Å². The Kier molecular flexibility index (Phi) is 11.1. The quantitative estimate of drug-likeness (QED) is 0.189. The molecule has 4 heterocycles. The first-order valence-electron chi connectivity index (χ1n) is 19.4. The molecule has 1 saturated heterocycles. The van der Waals surface area contributed by atoms with Gasteiger partial charge in [-0.05, 0) is 78.2 Å². The van der Waals surface area contributed by atoms with Gasteiger partial charge in [0.2, 0.25) is 6.79 Å². The van der Waals surface area contributed by atoms with Crippen molar-refractivity contribution in [2.24, 2.45) is 4.99 Å². The molecular formula is C43H55F3N4O3Si. The summed E-state index contributed by atoms with van der Waals surface area (Å²) in [6.07, 6.45) is 6.73. The Morgan fingerprint density at radius 1 is 1.00 bits per heavy atom. The van der Waals surface area contributed by atoms with Gasteiger partial charge in [-0.1, -0.05) is 87.5 Å². The Morgan fingerprint density at radius 3 is 2.28 bits per heavy atom. The molecule has 0 aromatic heterocycles. The summed E-state index contributed by atoms with van der Waals surface area (Å²) in [5.74, 6) is -1.85. The number of alkyl halides is 3. The number of fused-ring (bicyclic) bond motifs is 2. The highest BCUT2D eigenvalue weighted by Gasteiger charge is 2.53. The summed E-state index contributed by atoms with van der Waals surface area (Å²) < 4.78 is 65.0. The molecular weight excluding hydrogens is 706 g/mol. The van der Waals surface area contributed by atoms with Crippen LogP contribution in [0.2, 0.25) is 5.04 Å². The van der Waals surface area contributed by atoms with E-state index in [1.807, 2.05) is 90.8 Å². The van der Waals surface area contributed by atoms with Crippen molar-refractivity contribution in [2.75, 3.05) is 46.3 Å². The van der Waals surface area contributed by atoms with Crippen molar-refractivity contribution in [2.45, 2.75) is 94.9 Å². The van der Waals surface area contributed by atoms with Gasteiger partial charge in [0.15, 0.2) is 11.5 Å². The number of halogens is 3. The monoisotopic (exact) mass is 760 g/mol. The first-order valence-corrected chi connectivity index (χ1v) is 21.3. The van der Waals surface area contributed by atoms with Gasteiger partial charge < -0.3 is 24.1 Å². The Morgan fingerprint density at radius 2 is 1.67 bits per heavy atom. The van der Waals surface area contributed by atoms with E-state index >= 15 is 8.78 Å². The molecule has 4 aliphatic rings. The molecule has 0 bridgehead atoms. The molecule has 1 N–H and O–H groups in total. The number of allylic oxidation sites excluding steroid dienone is 1. The zero-order valence-corrected chi connectivity index (χ0v) is 33.3. The number of hydrogen-bond acceptors (Lipinski definition) is 7. The number of likely N-dealkylation sites (tertiary alicyclic amines) is 1. The lowest BCUT2D eigenvalue weighted by atomic mass is 9.76. The fourth-order valence-corrected chi connectivity index (χ4v) is 13.7. The largest absolute Gasteiger partial charge is 0.454 e. The normalized spacial score (nSPS) is 24.7. The fourth-order valence-electron chi connectivity index (χ4n) is 9.12. The Labute approximate surface area is 319 Å². The van der Waals surface area contributed by atoms with E-state index < -0.39 is 44.0 Å². The molecule has 7 nitrogen and oxygen atoms in total. The second kappa shape index (κ2) is 15.5. The lowest BCUT2D eigenvalue weighted by molar-refractivity contribution is -0.0919. The maximum absolute atomic E-state index is 16.9. The van der Waals surface area contributed by atoms with Crippen LogP contribution < -0.4 is 25.2 Å². The first-order chi connectivity index (χ1) is 25.8. The third kappa shape index (κ3) is 7.74. The van der Waals surface area contributed by atoms with Crippen molar-refractivity contribution in [1.29, 1.82) is 0 Å². The molecule has 1 fully saturated rings. The van der Waals surface area contributed by atoms with E-state index in [4.69, 9.17) is 18.9 Å². The van der Waals surface area contributed by atoms with Crippen LogP contribution in [0, 0.1) is 0 Å². The van der Waals surface area contributed by atoms with Gasteiger partial charge in [0.1, 0.15) is 0 Å². The summed E-state index contributed by atoms with van der Waals surface area (Å²) in [5, 5.41) is 5.15. The minimum Gasteiger partial charge on any atom is -0.454 e. The number of nitrogens with zero attached hydrogens (tertiary/aromatic N) is 3. The van der Waals surface area contributed by atoms with Crippen LogP contribution in [0.25, 0.3) is 0 Å². The van der Waals surface area contributed by atoms with Crippen molar-refractivity contribution >= 4 is 24.9 Å². The van der Waals surface area contributed by atoms with E-state index in [0.717, 1.165) is 53.3 Å². The Balaban J connectivity index is 1.17. The standard InChI is InChI=1S/C43H55F3N4O3Si/c1-31-23-32-24-38-39(52-30-51-38)25-37(32)40(42(5)19-17-33(26-47-42)48-34-18-22-49(27-34)21-12-20-44)50(31)28-43(45,46)29-53-54(41(2,3)4,35-13-8-6-9-14-35)36-15-10-7-11-16-36/h6-11,13-17,24-26,31,34,40,48H,12,18-23,27-30H2,1-5H3/t31-,34+,40+,42?/m1/s1. The summed E-state index contributed by atoms with van der Waals surface area (Å²) in [6.45, 7) is 11.6. The highest BCUT2D eigenvalue weighted by molar-refractivity contribution is 6.99. The zero-order chi connectivity index (χ0) is 38.1. The topological polar surface area (TPSA) is 58.6 Å². The molecule has 4 aliphatic heterocycles. The van der Waals surface area contributed by atoms with Crippen molar-refractivity contribution in [3.05, 3.63) is 95.7 Å². The number of dihydropyridines is 1. The maximum atomic E-state index is 16.9. The highest BCUT2D eigenvalue weighted by Crippen LogP contribution is 2.49. The summed E-state index contributed by atoms with van der Waals surface area (Å²) >= 11 is 0. The SMILES string of the molecule is C[C@@H]1Cc2cc3c(cc2[C@@H](C2(C)CC=C(N[C@H]4CCN(CCCF)C4)C=N2)N1CC(F)(F)CO[Si](c1ccccc1)(c1ccccc1)C(C)(C)C)OCO3. The van der Waals surface area contributed by atoms with E-state index in [1.165, 1.54) is 0 Å². The van der Waals surface area contributed by atoms with Gasteiger partial charge in [0.25, 0.3) is 14.2 Å². The van der Waals surface area contributed by atoms with Crippen LogP contribution in [-0.4, -0.2) is 94.1 Å². The predicted molar refractivity (Wildman–Crippen MR) is 212 cm³/mol. The summed E-state index contributed by atoms with van der Waals surface area (Å²) in [5.41, 5.74) is 2.23. The second-order valence-corrected chi connectivity index (χ2v) is 21.1. The molecule has 0 amide bonds. The molecule has 0 saturated carbocycles. The van der Waals surface area contributed by atoms with Crippen LogP contribution >= 0.6 is 0 Å². The minimum absolute atomic E-state index is 0.138. The van der Waals surface area contributed by atoms with E-state index in [-0.39, 0.29) is 25.6 Å². The van der Waals surface area contributed by atoms with Crippen LogP contribution in [-0.2, 0) is 10.8 Å². The molecule has 11 heteroatoms. The minimum atomic E-state index is -3.20. The zero-order valence-electron chi connectivity index (χ0n) is 32.3. The summed E-state index contributed by atoms with van der Waals surface area (Å²) in [6, 6.07) is 23.5. The molecule has 4 atom stereocenters. The van der Waals surface area contributed by atoms with Crippen LogP contribution in [0.5, 0.6) is 11.5 Å². The molecule has 0 radical (unpaired) electrons. The predicted octanol–water partition coefficient (Wildman–Crippen LogP) is 7.06. The van der Waals surface area contributed by atoms with Crippen molar-refractivity contribution in [1.82, 2.24) is 15.1 Å². The summed E-state index contributed by atoms with van der Waals surface area (Å²) in [7, 11) is -3.20. The van der Waals surface area contributed by atoms with Crippen LogP contribution in [0.3, 0.4) is 0 Å². The Bertz CT molecular complexity index is 1780. The van der Waals surface area contributed by atoms with E-state index in [9.17, 15) is 4.39 Å². The van der Waals surface area contributed by atoms with Gasteiger partial charge in [-0.3, -0.25) is 14.3 Å². The number of benzene rings is 3. The van der Waals surface area contributed by atoms with Crippen LogP contribution in [0.4, 0.5) is 13.2 Å². The van der Waals surface area contributed by atoms with Crippen LogP contribution in [0.1, 0.15) is 71.0 Å². The van der Waals surface area contributed by atoms with Crippen molar-refractivity contribution in [3.63, 3.8) is 0 Å². The van der Waals surface area contributed by atoms with E-state index in [2.05, 4.69) is 44.0 Å². The highest BCUT2D eigenvalue weighted by atomic mass is 28.4. The molecule has 3 aromatic carbocycles. The van der Waals surface area contributed by atoms with Gasteiger partial charge in [0, 0.05) is 43.6 Å². The molecule has 7 rings (SSSR count). The number of nitrogens with one attached hydrogen (secondary N) is 1. The number of ether oxygens (including phenoxy) is 2. The molecule has 1 unspecified atom stereocenters. The lowest BCUT2D eigenvalue weighted by Crippen LogP contribution is -2.67. The smallest absolute Gasteiger partial charge is 0.282 e. The first kappa shape index (κ1) is 38.6. The van der Waals surface area contributed by atoms with E-state index in [0.29, 0.717) is 30.8 Å². The number of aliphatic imine (C=N–C) groups is 1. The molecule has 290 valence electrons. The van der Waals surface area contributed by atoms with E-state index in [1.54, 1.807) is 0 Å². The molecule has 0 spiro atoms. The molecule has 54 heavy (non-hydrogen) atoms. The van der Waals surface area contributed by atoms with Gasteiger partial charge in [-0.15, -0.1) is 0 Å². The fraction of sp³-hybridized carbons (Fsp3) is 0.512. The van der Waals surface area contributed by atoms with Crippen molar-refractivity contribution in [3.8, 4) is 11.5 Å². The van der Waals surface area contributed by atoms with Gasteiger partial charge in [0.05, 0.1) is 31.4 Å². The Hall–Kier alpha value is -3.64. The third-order valence-electron chi connectivity index (χ3n) is 11.7. The number of rotatable bonds is 13. The van der Waals surface area contributed by atoms with Crippen LogP contribution in [0.15, 0.2) is 89.6 Å². The van der Waals surface area contributed by atoms with Gasteiger partial charge >= 0.3 is 0 Å². The average molecular weight is 761 g/mol. The average Bonchev–Trinajstić information content (AvgIpc) is 3.80. The maximum Gasteiger partial charge on any atom is 0.282 e.